The summed E-state index contributed by atoms with van der Waals surface area (Å²) in [6.45, 7) is 0. The van der Waals surface area contributed by atoms with Crippen molar-refractivity contribution in [1.29, 1.82) is 0 Å². The summed E-state index contributed by atoms with van der Waals surface area (Å²) in [7, 11) is 2.18. The maximum Gasteiger partial charge on any atom is 0.0488 e. The van der Waals surface area contributed by atoms with Gasteiger partial charge in [-0.3, -0.25) is 0 Å². The van der Waals surface area contributed by atoms with Gasteiger partial charge in [-0.05, 0) is 126 Å². The molecule has 0 saturated carbocycles. The Balaban J connectivity index is 0.908. The van der Waals surface area contributed by atoms with E-state index in [0.717, 1.165) is 22.7 Å². The molecule has 0 aliphatic heterocycles. The Hall–Kier alpha value is -7.68. The van der Waals surface area contributed by atoms with Gasteiger partial charge in [-0.1, -0.05) is 170 Å². The van der Waals surface area contributed by atoms with Crippen molar-refractivity contribution in [2.45, 2.75) is 0 Å². The topological polar surface area (TPSA) is 6.48 Å². The maximum absolute atomic E-state index is 2.34. The van der Waals surface area contributed by atoms with Crippen molar-refractivity contribution in [2.24, 2.45) is 0 Å². The first-order chi connectivity index (χ1) is 29.2. The number of nitrogens with zero attached hydrogens (tertiary/aromatic N) is 2. The highest BCUT2D eigenvalue weighted by Gasteiger charge is 2.18. The highest BCUT2D eigenvalue weighted by molar-refractivity contribution is 6.34. The lowest BCUT2D eigenvalue weighted by Gasteiger charge is -2.26. The van der Waals surface area contributed by atoms with E-state index in [-0.39, 0.29) is 0 Å². The van der Waals surface area contributed by atoms with Gasteiger partial charge in [0.25, 0.3) is 0 Å². The smallest absolute Gasteiger partial charge is 0.0488 e. The zero-order chi connectivity index (χ0) is 39.3. The largest absolute Gasteiger partial charge is 0.344 e. The van der Waals surface area contributed by atoms with E-state index in [1.807, 2.05) is 0 Å². The van der Waals surface area contributed by atoms with Crippen molar-refractivity contribution < 1.29 is 0 Å². The lowest BCUT2D eigenvalue weighted by molar-refractivity contribution is 1.22. The van der Waals surface area contributed by atoms with Crippen molar-refractivity contribution in [3.8, 4) is 33.4 Å². The zero-order valence-corrected chi connectivity index (χ0v) is 32.8. The molecule has 0 fully saturated rings. The van der Waals surface area contributed by atoms with Crippen molar-refractivity contribution in [2.75, 3.05) is 16.8 Å². The van der Waals surface area contributed by atoms with Gasteiger partial charge >= 0.3 is 0 Å². The first kappa shape index (κ1) is 34.6. The van der Waals surface area contributed by atoms with Crippen LogP contribution >= 0.6 is 0 Å². The summed E-state index contributed by atoms with van der Waals surface area (Å²) in [5.41, 5.74) is 12.8. The second kappa shape index (κ2) is 14.4. The lowest BCUT2D eigenvalue weighted by Crippen LogP contribution is -2.10. The SMILES string of the molecule is CN(c1ccc(-c2ccc(N(c3ccc(-c4ccccc4)cc3)c3ccc(-c4ccccc4)cc3)cc2)cc1)c1ccc2c3cccc4cccc(c5cccc1c52)c43. The molecule has 278 valence electrons. The summed E-state index contributed by atoms with van der Waals surface area (Å²) >= 11 is 0. The predicted molar refractivity (Wildman–Crippen MR) is 253 cm³/mol. The minimum Gasteiger partial charge on any atom is -0.344 e. The van der Waals surface area contributed by atoms with E-state index in [0.29, 0.717) is 0 Å². The molecule has 59 heavy (non-hydrogen) atoms. The Labute approximate surface area is 344 Å². The van der Waals surface area contributed by atoms with Crippen LogP contribution in [0.4, 0.5) is 28.4 Å². The van der Waals surface area contributed by atoms with Gasteiger partial charge in [-0.2, -0.15) is 0 Å². The Morgan fingerprint density at radius 3 is 1.07 bits per heavy atom. The average Bonchev–Trinajstić information content (AvgIpc) is 3.32. The molecule has 0 bridgehead atoms. The number of rotatable bonds is 8. The number of hydrogen-bond donors (Lipinski definition) is 0. The number of anilines is 5. The summed E-state index contributed by atoms with van der Waals surface area (Å²) in [5.74, 6) is 0. The van der Waals surface area contributed by atoms with E-state index in [9.17, 15) is 0 Å². The molecule has 11 aromatic rings. The van der Waals surface area contributed by atoms with Gasteiger partial charge in [0.15, 0.2) is 0 Å². The van der Waals surface area contributed by atoms with Crippen LogP contribution in [0.1, 0.15) is 0 Å². The minimum atomic E-state index is 1.10. The molecule has 2 nitrogen and oxygen atoms in total. The lowest BCUT2D eigenvalue weighted by atomic mass is 9.89. The number of hydrogen-bond acceptors (Lipinski definition) is 2. The van der Waals surface area contributed by atoms with Gasteiger partial charge in [-0.15, -0.1) is 0 Å². The van der Waals surface area contributed by atoms with Crippen LogP contribution in [0.2, 0.25) is 0 Å². The van der Waals surface area contributed by atoms with E-state index < -0.39 is 0 Å². The van der Waals surface area contributed by atoms with E-state index in [1.54, 1.807) is 0 Å². The van der Waals surface area contributed by atoms with Crippen molar-refractivity contribution in [1.82, 2.24) is 0 Å². The van der Waals surface area contributed by atoms with E-state index >= 15 is 0 Å². The number of benzene rings is 11. The Morgan fingerprint density at radius 2 is 0.610 bits per heavy atom. The number of fused-ring (bicyclic) bond motifs is 2. The summed E-state index contributed by atoms with van der Waals surface area (Å²) in [6, 6.07) is 81.5. The zero-order valence-electron chi connectivity index (χ0n) is 32.8. The Bertz CT molecular complexity index is 3090. The van der Waals surface area contributed by atoms with Crippen LogP contribution in [-0.2, 0) is 0 Å². The third-order valence-electron chi connectivity index (χ3n) is 12.0. The fraction of sp³-hybridized carbons (Fsp3) is 0.0175. The van der Waals surface area contributed by atoms with E-state index in [4.69, 9.17) is 0 Å². The molecule has 0 aliphatic carbocycles. The molecule has 0 radical (unpaired) electrons. The van der Waals surface area contributed by atoms with Gasteiger partial charge in [0, 0.05) is 40.9 Å². The fourth-order valence-corrected chi connectivity index (χ4v) is 9.06. The van der Waals surface area contributed by atoms with Crippen LogP contribution in [-0.4, -0.2) is 7.05 Å². The molecule has 0 saturated heterocycles. The molecule has 0 unspecified atom stereocenters. The molecule has 11 aromatic carbocycles. The summed E-state index contributed by atoms with van der Waals surface area (Å²) in [4.78, 5) is 4.66. The van der Waals surface area contributed by atoms with Crippen LogP contribution in [0.3, 0.4) is 0 Å². The monoisotopic (exact) mass is 752 g/mol. The van der Waals surface area contributed by atoms with E-state index in [2.05, 4.69) is 241 Å². The van der Waals surface area contributed by atoms with Crippen LogP contribution in [0.5, 0.6) is 0 Å². The molecular formula is C57H40N2. The average molecular weight is 753 g/mol. The highest BCUT2D eigenvalue weighted by Crippen LogP contribution is 2.44. The highest BCUT2D eigenvalue weighted by atomic mass is 15.1. The normalized spacial score (nSPS) is 11.5. The van der Waals surface area contributed by atoms with E-state index in [1.165, 1.54) is 82.2 Å². The molecular weight excluding hydrogens is 713 g/mol. The standard InChI is InChI=1S/C57H40N2/c1-58(55-38-37-53-51-18-9-16-45-15-8-17-50(56(45)51)52-19-10-20-54(55)57(52)53)46-29-21-43(22-30-46)44-27-35-49(36-28-44)59(47-31-23-41(24-32-47)39-11-4-2-5-12-39)48-33-25-42(26-34-48)40-13-6-3-7-14-40/h2-38H,1H3. The first-order valence-corrected chi connectivity index (χ1v) is 20.3. The maximum atomic E-state index is 2.34. The molecule has 0 atom stereocenters. The molecule has 0 N–H and O–H groups in total. The fourth-order valence-electron chi connectivity index (χ4n) is 9.06. The molecule has 11 rings (SSSR count). The third kappa shape index (κ3) is 6.05. The van der Waals surface area contributed by atoms with Crippen molar-refractivity contribution in [3.05, 3.63) is 224 Å². The van der Waals surface area contributed by atoms with Crippen LogP contribution < -0.4 is 9.80 Å². The minimum absolute atomic E-state index is 1.10. The van der Waals surface area contributed by atoms with Gasteiger partial charge in [0.05, 0.1) is 0 Å². The Kier molecular flexibility index (Phi) is 8.41. The molecule has 0 heterocycles. The summed E-state index contributed by atoms with van der Waals surface area (Å²) in [6.07, 6.45) is 0. The molecule has 0 aliphatic rings. The molecule has 0 aromatic heterocycles. The van der Waals surface area contributed by atoms with Crippen LogP contribution in [0.25, 0.3) is 76.5 Å². The van der Waals surface area contributed by atoms with Crippen molar-refractivity contribution >= 4 is 71.5 Å². The molecule has 0 spiro atoms. The summed E-state index contributed by atoms with van der Waals surface area (Å²) < 4.78 is 0. The van der Waals surface area contributed by atoms with Gasteiger partial charge in [0.2, 0.25) is 0 Å². The van der Waals surface area contributed by atoms with Crippen LogP contribution in [0.15, 0.2) is 224 Å². The van der Waals surface area contributed by atoms with Crippen LogP contribution in [0, 0.1) is 0 Å². The third-order valence-corrected chi connectivity index (χ3v) is 12.0. The second-order valence-corrected chi connectivity index (χ2v) is 15.4. The van der Waals surface area contributed by atoms with Gasteiger partial charge < -0.3 is 9.80 Å². The predicted octanol–water partition coefficient (Wildman–Crippen LogP) is 16.0. The van der Waals surface area contributed by atoms with Gasteiger partial charge in [-0.25, -0.2) is 0 Å². The molecule has 0 amide bonds. The van der Waals surface area contributed by atoms with Gasteiger partial charge in [0.1, 0.15) is 0 Å². The Morgan fingerprint density at radius 1 is 0.254 bits per heavy atom. The quantitative estimate of drug-likeness (QED) is 0.113. The first-order valence-electron chi connectivity index (χ1n) is 20.3. The second-order valence-electron chi connectivity index (χ2n) is 15.4. The summed E-state index contributed by atoms with van der Waals surface area (Å²) in [5, 5.41) is 10.5. The van der Waals surface area contributed by atoms with Crippen molar-refractivity contribution in [3.63, 3.8) is 0 Å². The molecule has 2 heteroatoms.